The first-order valence-corrected chi connectivity index (χ1v) is 6.61. The molecule has 0 rings (SSSR count). The predicted octanol–water partition coefficient (Wildman–Crippen LogP) is -1.57. The van der Waals surface area contributed by atoms with Crippen molar-refractivity contribution in [1.29, 1.82) is 0 Å². The Balaban J connectivity index is -0.00000000667. The van der Waals surface area contributed by atoms with Crippen LogP contribution in [0.1, 0.15) is 0 Å². The van der Waals surface area contributed by atoms with Gasteiger partial charge in [-0.05, 0) is 0 Å². The Labute approximate surface area is 76.1 Å². The molecular formula is H6CaCl2MgO2. The van der Waals surface area contributed by atoms with E-state index in [4.69, 9.17) is 12.8 Å². The van der Waals surface area contributed by atoms with Crippen LogP contribution in [-0.4, -0.2) is 64.8 Å². The molecule has 6 heavy (non-hydrogen) atoms. The summed E-state index contributed by atoms with van der Waals surface area (Å²) >= 11 is -0.931. The van der Waals surface area contributed by atoms with Crippen molar-refractivity contribution in [2.75, 3.05) is 0 Å². The Morgan fingerprint density at radius 2 is 1.00 bits per heavy atom. The first kappa shape index (κ1) is 23.6. The molecule has 0 amide bonds. The van der Waals surface area contributed by atoms with Gasteiger partial charge in [0.25, 0.3) is 0 Å². The van der Waals surface area contributed by atoms with E-state index in [1.54, 1.807) is 0 Å². The molecule has 0 aromatic heterocycles. The van der Waals surface area contributed by atoms with Crippen molar-refractivity contribution in [3.8, 4) is 0 Å². The van der Waals surface area contributed by atoms with Crippen molar-refractivity contribution in [3.63, 3.8) is 0 Å². The number of halogens is 2. The summed E-state index contributed by atoms with van der Waals surface area (Å²) in [4.78, 5) is 0. The van der Waals surface area contributed by atoms with E-state index in [0.29, 0.717) is 0 Å². The Morgan fingerprint density at radius 3 is 1.00 bits per heavy atom. The normalized spacial score (nSPS) is 1.67. The van der Waals surface area contributed by atoms with Crippen LogP contribution in [0, 0.1) is 0 Å². The van der Waals surface area contributed by atoms with E-state index in [2.05, 4.69) is 0 Å². The van der Waals surface area contributed by atoms with Gasteiger partial charge in [-0.2, -0.15) is 0 Å². The quantitative estimate of drug-likeness (QED) is 0.398. The summed E-state index contributed by atoms with van der Waals surface area (Å²) in [5.74, 6) is 0. The van der Waals surface area contributed by atoms with Gasteiger partial charge in [0.2, 0.25) is 0 Å². The van der Waals surface area contributed by atoms with Crippen molar-refractivity contribution < 1.29 is 11.0 Å². The Hall–Kier alpha value is 2.53. The Bertz CT molecular complexity index is 11.5. The maximum absolute atomic E-state index is 4.95. The third kappa shape index (κ3) is 31.2. The molecule has 6 heteroatoms. The fraction of sp³-hybridized carbons (Fsp3) is 0. The molecule has 0 aliphatic carbocycles. The standard InChI is InChI=1S/Ca.2ClH.Mg.2H2O.2H/h;2*1H;;2*1H2;;/q+2;;;;;;;/p-2. The first-order chi connectivity index (χ1) is 1.41. The summed E-state index contributed by atoms with van der Waals surface area (Å²) in [6.07, 6.45) is 9.90. The first-order valence-electron chi connectivity index (χ1n) is 0.535. The Morgan fingerprint density at radius 1 is 1.00 bits per heavy atom. The van der Waals surface area contributed by atoms with Crippen LogP contribution in [0.25, 0.3) is 0 Å². The van der Waals surface area contributed by atoms with Crippen LogP contribution in [0.3, 0.4) is 0 Å². The largest absolute Gasteiger partial charge is 0.316 e. The van der Waals surface area contributed by atoms with E-state index in [0.717, 1.165) is 0 Å². The Kier molecular flexibility index (Phi) is 101. The minimum Gasteiger partial charge on any atom is 0.316 e. The third-order valence-corrected chi connectivity index (χ3v) is 0. The van der Waals surface area contributed by atoms with Gasteiger partial charge in [0.15, 0.2) is 0 Å². The average Bonchev–Trinajstić information content (AvgIpc) is 0.918. The van der Waals surface area contributed by atoms with E-state index in [1.807, 2.05) is 0 Å². The molecule has 0 bridgehead atoms. The maximum Gasteiger partial charge on any atom is 0.316 e. The molecule has 0 unspecified atom stereocenters. The van der Waals surface area contributed by atoms with E-state index in [9.17, 15) is 0 Å². The molecule has 0 fully saturated rings. The summed E-state index contributed by atoms with van der Waals surface area (Å²) in [5.41, 5.74) is 0. The molecule has 0 heterocycles. The zero-order chi connectivity index (χ0) is 2.71. The summed E-state index contributed by atoms with van der Waals surface area (Å²) in [6, 6.07) is 0. The van der Waals surface area contributed by atoms with E-state index < -0.39 is 30.8 Å². The van der Waals surface area contributed by atoms with Crippen LogP contribution in [0.2, 0.25) is 0 Å². The van der Waals surface area contributed by atoms with E-state index >= 15 is 0 Å². The van der Waals surface area contributed by atoms with Gasteiger partial charge in [-0.15, -0.1) is 0 Å². The van der Waals surface area contributed by atoms with Crippen molar-refractivity contribution >= 4 is 66.7 Å². The second kappa shape index (κ2) is 25.8. The van der Waals surface area contributed by atoms with Gasteiger partial charge in [0.05, 0.1) is 0 Å². The van der Waals surface area contributed by atoms with E-state index in [-0.39, 0.29) is 34.0 Å². The molecule has 0 saturated heterocycles. The second-order valence-corrected chi connectivity index (χ2v) is 3.75. The fourth-order valence-corrected chi connectivity index (χ4v) is 0. The average molecular weight is 173 g/mol. The van der Waals surface area contributed by atoms with Crippen molar-refractivity contribution in [1.82, 2.24) is 0 Å². The fourth-order valence-electron chi connectivity index (χ4n) is 0. The van der Waals surface area contributed by atoms with Crippen LogP contribution in [-0.2, 0) is 0 Å². The van der Waals surface area contributed by atoms with Crippen molar-refractivity contribution in [2.45, 2.75) is 0 Å². The van der Waals surface area contributed by atoms with Crippen LogP contribution >= 0.6 is 12.8 Å². The van der Waals surface area contributed by atoms with Gasteiger partial charge in [-0.3, -0.25) is 0 Å². The molecule has 4 N–H and O–H groups in total. The third-order valence-electron chi connectivity index (χ3n) is 0. The summed E-state index contributed by atoms with van der Waals surface area (Å²) in [5, 5.41) is 0. The summed E-state index contributed by atoms with van der Waals surface area (Å²) < 4.78 is 0. The van der Waals surface area contributed by atoms with Crippen LogP contribution in [0.4, 0.5) is 0 Å². The number of hydrogen-bond donors (Lipinski definition) is 0. The second-order valence-electron chi connectivity index (χ2n) is 0.101. The molecular weight excluding hydrogens is 167 g/mol. The van der Waals surface area contributed by atoms with Crippen molar-refractivity contribution in [3.05, 3.63) is 0 Å². The molecule has 2 nitrogen and oxygen atoms in total. The topological polar surface area (TPSA) is 63.0 Å². The van der Waals surface area contributed by atoms with Gasteiger partial charge >= 0.3 is 66.7 Å². The van der Waals surface area contributed by atoms with Crippen LogP contribution in [0.15, 0.2) is 0 Å². The van der Waals surface area contributed by atoms with E-state index in [1.165, 1.54) is 0 Å². The molecule has 0 aliphatic rings. The minimum atomic E-state index is -0.931. The van der Waals surface area contributed by atoms with Gasteiger partial charge in [0.1, 0.15) is 0 Å². The smallest absolute Gasteiger partial charge is 0.316 e. The van der Waals surface area contributed by atoms with Gasteiger partial charge in [-0.1, -0.05) is 0 Å². The molecule has 0 atom stereocenters. The SMILES string of the molecule is O.O.[Cl][Ca][Cl].[MgH2]. The number of hydrogen-bond acceptors (Lipinski definition) is 0. The predicted molar refractivity (Wildman–Crippen MR) is 33.2 cm³/mol. The van der Waals surface area contributed by atoms with Crippen molar-refractivity contribution in [2.24, 2.45) is 0 Å². The molecule has 0 aromatic carbocycles. The molecule has 36 valence electrons. The van der Waals surface area contributed by atoms with Gasteiger partial charge in [0, 0.05) is 0 Å². The van der Waals surface area contributed by atoms with Crippen LogP contribution in [0.5, 0.6) is 0 Å². The van der Waals surface area contributed by atoms with Crippen LogP contribution < -0.4 is 0 Å². The molecule has 0 aromatic rings. The maximum atomic E-state index is 4.95. The zero-order valence-corrected chi connectivity index (χ0v) is 6.18. The number of rotatable bonds is 0. The zero-order valence-electron chi connectivity index (χ0n) is 2.46. The monoisotopic (exact) mass is 172 g/mol. The molecule has 0 radical (unpaired) electrons. The van der Waals surface area contributed by atoms with Gasteiger partial charge < -0.3 is 11.0 Å². The summed E-state index contributed by atoms with van der Waals surface area (Å²) in [6.45, 7) is 0. The molecule has 0 aliphatic heterocycles. The van der Waals surface area contributed by atoms with Gasteiger partial charge in [-0.25, -0.2) is 0 Å². The molecule has 0 saturated carbocycles. The minimum absolute atomic E-state index is 0. The summed E-state index contributed by atoms with van der Waals surface area (Å²) in [7, 11) is 0. The molecule has 0 spiro atoms.